The van der Waals surface area contributed by atoms with Crippen LogP contribution in [0.4, 0.5) is 4.79 Å². The van der Waals surface area contributed by atoms with Crippen molar-refractivity contribution >= 4 is 24.2 Å². The van der Waals surface area contributed by atoms with Crippen LogP contribution in [0.25, 0.3) is 0 Å². The number of fused-ring (bicyclic) bond motifs is 1. The van der Waals surface area contributed by atoms with Gasteiger partial charge in [-0.3, -0.25) is 9.59 Å². The molecule has 0 aromatic heterocycles. The lowest BCUT2D eigenvalue weighted by Crippen LogP contribution is -2.46. The van der Waals surface area contributed by atoms with E-state index < -0.39 is 24.1 Å². The van der Waals surface area contributed by atoms with Gasteiger partial charge >= 0.3 is 6.09 Å². The van der Waals surface area contributed by atoms with Crippen LogP contribution in [0.1, 0.15) is 56.9 Å². The molecule has 0 bridgehead atoms. The summed E-state index contributed by atoms with van der Waals surface area (Å²) in [6.07, 6.45) is 4.45. The molecule has 3 rings (SSSR count). The molecular formula is C24H33N3O6. The van der Waals surface area contributed by atoms with E-state index in [1.165, 1.54) is 6.42 Å². The number of hydrogen-bond donors (Lipinski definition) is 2. The Kier molecular flexibility index (Phi) is 9.09. The summed E-state index contributed by atoms with van der Waals surface area (Å²) in [5.41, 5.74) is 6.08. The lowest BCUT2D eigenvalue weighted by atomic mass is 9.85. The third kappa shape index (κ3) is 7.47. The summed E-state index contributed by atoms with van der Waals surface area (Å²) >= 11 is 0. The van der Waals surface area contributed by atoms with E-state index in [4.69, 9.17) is 15.2 Å². The van der Waals surface area contributed by atoms with Gasteiger partial charge in [-0.2, -0.15) is 0 Å². The SMILES string of the molecule is NC(=O)O[C@@H](CC1CCCCC1)C(=O)N[C@H](C=O)CCC(=O)N1CCOc2ccccc2C1. The molecule has 1 aliphatic carbocycles. The van der Waals surface area contributed by atoms with Crippen molar-refractivity contribution in [2.75, 3.05) is 13.2 Å². The Labute approximate surface area is 194 Å². The summed E-state index contributed by atoms with van der Waals surface area (Å²) in [5, 5.41) is 2.61. The van der Waals surface area contributed by atoms with Gasteiger partial charge in [0, 0.05) is 18.5 Å². The first-order chi connectivity index (χ1) is 16.0. The van der Waals surface area contributed by atoms with Gasteiger partial charge in [-0.05, 0) is 24.8 Å². The van der Waals surface area contributed by atoms with E-state index >= 15 is 0 Å². The molecule has 1 aromatic rings. The molecule has 0 spiro atoms. The third-order valence-electron chi connectivity index (χ3n) is 6.29. The molecular weight excluding hydrogens is 426 g/mol. The first-order valence-electron chi connectivity index (χ1n) is 11.7. The van der Waals surface area contributed by atoms with Gasteiger partial charge in [-0.1, -0.05) is 50.3 Å². The van der Waals surface area contributed by atoms with Crippen LogP contribution >= 0.6 is 0 Å². The van der Waals surface area contributed by atoms with Gasteiger partial charge in [-0.15, -0.1) is 0 Å². The van der Waals surface area contributed by atoms with Crippen LogP contribution in [0.3, 0.4) is 0 Å². The fraction of sp³-hybridized carbons (Fsp3) is 0.583. The summed E-state index contributed by atoms with van der Waals surface area (Å²) in [4.78, 5) is 50.1. The Bertz CT molecular complexity index is 839. The maximum atomic E-state index is 12.8. The maximum Gasteiger partial charge on any atom is 0.405 e. The van der Waals surface area contributed by atoms with Gasteiger partial charge in [0.05, 0.1) is 12.6 Å². The number of aldehydes is 1. The standard InChI is InChI=1S/C24H33N3O6/c25-24(31)33-21(14-17-6-2-1-3-7-17)23(30)26-19(16-28)10-11-22(29)27-12-13-32-20-9-5-4-8-18(20)15-27/h4-5,8-9,16-17,19,21H,1-3,6-7,10-15H2,(H2,25,31)(H,26,30)/t19-,21-/m0/s1. The molecule has 0 saturated heterocycles. The van der Waals surface area contributed by atoms with Crippen molar-refractivity contribution in [2.24, 2.45) is 11.7 Å². The van der Waals surface area contributed by atoms with Crippen LogP contribution in [0.15, 0.2) is 24.3 Å². The molecule has 1 aliphatic heterocycles. The van der Waals surface area contributed by atoms with E-state index in [0.717, 1.165) is 37.0 Å². The Balaban J connectivity index is 1.52. The van der Waals surface area contributed by atoms with Crippen LogP contribution < -0.4 is 15.8 Å². The summed E-state index contributed by atoms with van der Waals surface area (Å²) in [5.74, 6) is 0.368. The number of hydrogen-bond acceptors (Lipinski definition) is 6. The second-order valence-corrected chi connectivity index (χ2v) is 8.73. The molecule has 9 nitrogen and oxygen atoms in total. The van der Waals surface area contributed by atoms with Crippen LogP contribution in [-0.4, -0.2) is 54.4 Å². The largest absolute Gasteiger partial charge is 0.491 e. The number of ether oxygens (including phenoxy) is 2. The number of carbonyl (C=O) groups excluding carboxylic acids is 4. The molecule has 2 aliphatic rings. The van der Waals surface area contributed by atoms with E-state index in [-0.39, 0.29) is 24.7 Å². The molecule has 3 N–H and O–H groups in total. The fourth-order valence-corrected chi connectivity index (χ4v) is 4.50. The molecule has 1 aromatic carbocycles. The second-order valence-electron chi connectivity index (χ2n) is 8.73. The number of para-hydroxylation sites is 1. The van der Waals surface area contributed by atoms with E-state index in [2.05, 4.69) is 5.32 Å². The quantitative estimate of drug-likeness (QED) is 0.546. The Morgan fingerprint density at radius 2 is 1.97 bits per heavy atom. The number of amides is 3. The molecule has 9 heteroatoms. The highest BCUT2D eigenvalue weighted by Crippen LogP contribution is 2.28. The molecule has 2 atom stereocenters. The van der Waals surface area contributed by atoms with Gasteiger partial charge < -0.3 is 30.2 Å². The lowest BCUT2D eigenvalue weighted by molar-refractivity contribution is -0.134. The molecule has 0 radical (unpaired) electrons. The van der Waals surface area contributed by atoms with E-state index in [9.17, 15) is 19.2 Å². The summed E-state index contributed by atoms with van der Waals surface area (Å²) in [6, 6.07) is 6.71. The van der Waals surface area contributed by atoms with Gasteiger partial charge in [0.2, 0.25) is 5.91 Å². The molecule has 0 unspecified atom stereocenters. The number of nitrogens with two attached hydrogens (primary N) is 1. The number of primary amides is 1. The van der Waals surface area contributed by atoms with Crippen molar-refractivity contribution in [3.63, 3.8) is 0 Å². The fourth-order valence-electron chi connectivity index (χ4n) is 4.50. The highest BCUT2D eigenvalue weighted by atomic mass is 16.6. The molecule has 1 saturated carbocycles. The van der Waals surface area contributed by atoms with Gasteiger partial charge in [0.1, 0.15) is 18.6 Å². The maximum absolute atomic E-state index is 12.8. The number of rotatable bonds is 9. The molecule has 180 valence electrons. The van der Waals surface area contributed by atoms with Crippen molar-refractivity contribution in [1.82, 2.24) is 10.2 Å². The van der Waals surface area contributed by atoms with Crippen molar-refractivity contribution in [3.05, 3.63) is 29.8 Å². The Morgan fingerprint density at radius 3 is 2.70 bits per heavy atom. The van der Waals surface area contributed by atoms with Gasteiger partial charge in [0.15, 0.2) is 6.10 Å². The van der Waals surface area contributed by atoms with Crippen LogP contribution in [-0.2, 0) is 25.7 Å². The van der Waals surface area contributed by atoms with Crippen LogP contribution in [0.2, 0.25) is 0 Å². The van der Waals surface area contributed by atoms with Crippen molar-refractivity contribution in [1.29, 1.82) is 0 Å². The van der Waals surface area contributed by atoms with E-state index in [1.807, 2.05) is 24.3 Å². The monoisotopic (exact) mass is 459 g/mol. The highest BCUT2D eigenvalue weighted by molar-refractivity contribution is 5.85. The zero-order valence-corrected chi connectivity index (χ0v) is 18.9. The van der Waals surface area contributed by atoms with Gasteiger partial charge in [0.25, 0.3) is 5.91 Å². The minimum Gasteiger partial charge on any atom is -0.491 e. The lowest BCUT2D eigenvalue weighted by Gasteiger charge is -2.26. The zero-order valence-electron chi connectivity index (χ0n) is 18.9. The average Bonchev–Trinajstić information content (AvgIpc) is 3.04. The number of nitrogens with zero attached hydrogens (tertiary/aromatic N) is 1. The second kappa shape index (κ2) is 12.2. The molecule has 33 heavy (non-hydrogen) atoms. The first kappa shape index (κ1) is 24.5. The summed E-state index contributed by atoms with van der Waals surface area (Å²) in [7, 11) is 0. The van der Waals surface area contributed by atoms with E-state index in [0.29, 0.717) is 32.4 Å². The predicted octanol–water partition coefficient (Wildman–Crippen LogP) is 2.31. The minimum absolute atomic E-state index is 0.0931. The predicted molar refractivity (Wildman–Crippen MR) is 120 cm³/mol. The Morgan fingerprint density at radius 1 is 1.21 bits per heavy atom. The van der Waals surface area contributed by atoms with Crippen LogP contribution in [0, 0.1) is 5.92 Å². The summed E-state index contributed by atoms with van der Waals surface area (Å²) in [6.45, 7) is 1.27. The smallest absolute Gasteiger partial charge is 0.405 e. The number of carbonyl (C=O) groups is 4. The topological polar surface area (TPSA) is 128 Å². The van der Waals surface area contributed by atoms with Crippen LogP contribution in [0.5, 0.6) is 5.75 Å². The number of benzene rings is 1. The van der Waals surface area contributed by atoms with E-state index in [1.54, 1.807) is 4.90 Å². The summed E-state index contributed by atoms with van der Waals surface area (Å²) < 4.78 is 10.7. The van der Waals surface area contributed by atoms with Crippen molar-refractivity contribution in [2.45, 2.75) is 70.1 Å². The molecule has 3 amide bonds. The molecule has 1 heterocycles. The van der Waals surface area contributed by atoms with Crippen molar-refractivity contribution in [3.8, 4) is 5.75 Å². The third-order valence-corrected chi connectivity index (χ3v) is 6.29. The normalized spacial score (nSPS) is 18.1. The highest BCUT2D eigenvalue weighted by Gasteiger charge is 2.29. The van der Waals surface area contributed by atoms with Crippen molar-refractivity contribution < 1.29 is 28.7 Å². The zero-order chi connectivity index (χ0) is 23.6. The molecule has 1 fully saturated rings. The average molecular weight is 460 g/mol. The Hall–Kier alpha value is -3.10. The first-order valence-corrected chi connectivity index (χ1v) is 11.7. The number of nitrogens with one attached hydrogen (secondary N) is 1. The van der Waals surface area contributed by atoms with Gasteiger partial charge in [-0.25, -0.2) is 4.79 Å². The minimum atomic E-state index is -1.04.